The Morgan fingerprint density at radius 2 is 1.25 bits per heavy atom. The van der Waals surface area contributed by atoms with Gasteiger partial charge in [0.2, 0.25) is 0 Å². The third kappa shape index (κ3) is 3.57. The molecule has 0 amide bonds. The third-order valence-corrected chi connectivity index (χ3v) is 6.68. The number of carbonyl (C=O) groups excluding carboxylic acids is 1. The maximum atomic E-state index is 11.7. The van der Waals surface area contributed by atoms with E-state index in [2.05, 4.69) is 67.2 Å². The second-order valence-corrected chi connectivity index (χ2v) is 8.16. The van der Waals surface area contributed by atoms with E-state index in [1.54, 1.807) is 0 Å². The van der Waals surface area contributed by atoms with Crippen molar-refractivity contribution in [2.75, 3.05) is 0 Å². The Labute approximate surface area is 167 Å². The number of rotatable bonds is 5. The van der Waals surface area contributed by atoms with Gasteiger partial charge >= 0.3 is 5.97 Å². The minimum atomic E-state index is -0.456. The second-order valence-electron chi connectivity index (χ2n) is 6.16. The minimum absolute atomic E-state index is 0.273. The Morgan fingerprint density at radius 1 is 0.714 bits per heavy atom. The Balaban J connectivity index is 1.94. The molecule has 0 unspecified atom stereocenters. The zero-order valence-electron chi connectivity index (χ0n) is 15.2. The van der Waals surface area contributed by atoms with E-state index in [4.69, 9.17) is 4.74 Å². The van der Waals surface area contributed by atoms with Crippen LogP contribution in [0, 0.1) is 0 Å². The lowest BCUT2D eigenvalue weighted by atomic mass is 10.1. The highest BCUT2D eigenvalue weighted by atomic mass is 32.2. The van der Waals surface area contributed by atoms with Crippen LogP contribution in [0.25, 0.3) is 10.8 Å². The number of esters is 1. The van der Waals surface area contributed by atoms with Crippen molar-refractivity contribution in [3.05, 3.63) is 110 Å². The van der Waals surface area contributed by atoms with Gasteiger partial charge in [-0.15, -0.1) is 0 Å². The van der Waals surface area contributed by atoms with Crippen molar-refractivity contribution in [3.63, 3.8) is 0 Å². The Morgan fingerprint density at radius 3 is 1.82 bits per heavy atom. The standard InChI is InChI=1S/C25H19O2S/c1-2-25(26)27-23-17-18-24(22-16-10-9-15-21(22)23)28(19-11-5-3-6-12-19)20-13-7-4-8-14-20/h2-18H,1H2/q+1. The van der Waals surface area contributed by atoms with Crippen molar-refractivity contribution >= 4 is 27.6 Å². The normalized spacial score (nSPS) is 10.8. The Bertz CT molecular complexity index is 1080. The van der Waals surface area contributed by atoms with Crippen molar-refractivity contribution in [2.45, 2.75) is 14.7 Å². The molecule has 136 valence electrons. The van der Waals surface area contributed by atoms with E-state index in [9.17, 15) is 4.79 Å². The lowest BCUT2D eigenvalue weighted by Gasteiger charge is -2.12. The summed E-state index contributed by atoms with van der Waals surface area (Å²) in [7, 11) is -0.273. The van der Waals surface area contributed by atoms with Crippen LogP contribution in [0.5, 0.6) is 5.75 Å². The van der Waals surface area contributed by atoms with Gasteiger partial charge in [-0.2, -0.15) is 0 Å². The molecule has 3 heteroatoms. The molecule has 0 aliphatic heterocycles. The highest BCUT2D eigenvalue weighted by Crippen LogP contribution is 2.38. The maximum absolute atomic E-state index is 11.7. The van der Waals surface area contributed by atoms with Crippen LogP contribution < -0.4 is 4.74 Å². The summed E-state index contributed by atoms with van der Waals surface area (Å²) in [5.41, 5.74) is 0. The zero-order valence-corrected chi connectivity index (χ0v) is 16.1. The van der Waals surface area contributed by atoms with E-state index in [1.165, 1.54) is 20.8 Å². The molecule has 0 aliphatic carbocycles. The molecular formula is C25H19O2S+. The molecule has 0 aliphatic rings. The van der Waals surface area contributed by atoms with Gasteiger partial charge in [0.1, 0.15) is 5.75 Å². The molecule has 0 heterocycles. The van der Waals surface area contributed by atoms with Gasteiger partial charge in [0.15, 0.2) is 14.7 Å². The average molecular weight is 383 g/mol. The molecular weight excluding hydrogens is 364 g/mol. The summed E-state index contributed by atoms with van der Waals surface area (Å²) in [5.74, 6) is 0.0944. The first-order chi connectivity index (χ1) is 13.8. The van der Waals surface area contributed by atoms with Gasteiger partial charge in [0.25, 0.3) is 0 Å². The topological polar surface area (TPSA) is 26.3 Å². The molecule has 2 nitrogen and oxygen atoms in total. The SMILES string of the molecule is C=CC(=O)Oc1ccc([S+](c2ccccc2)c2ccccc2)c2ccccc12. The quantitative estimate of drug-likeness (QED) is 0.182. The summed E-state index contributed by atoms with van der Waals surface area (Å²) in [6.45, 7) is 3.49. The van der Waals surface area contributed by atoms with Gasteiger partial charge in [-0.25, -0.2) is 4.79 Å². The van der Waals surface area contributed by atoms with E-state index in [1.807, 2.05) is 36.4 Å². The summed E-state index contributed by atoms with van der Waals surface area (Å²) in [5, 5.41) is 1.99. The summed E-state index contributed by atoms with van der Waals surface area (Å²) in [6.07, 6.45) is 1.18. The zero-order chi connectivity index (χ0) is 19.3. The number of fused-ring (bicyclic) bond motifs is 1. The van der Waals surface area contributed by atoms with Crippen LogP contribution in [-0.4, -0.2) is 5.97 Å². The van der Waals surface area contributed by atoms with E-state index in [-0.39, 0.29) is 10.9 Å². The van der Waals surface area contributed by atoms with Crippen LogP contribution >= 0.6 is 0 Å². The van der Waals surface area contributed by atoms with Gasteiger partial charge in [0, 0.05) is 16.8 Å². The molecule has 0 aromatic heterocycles. The number of carbonyl (C=O) groups is 1. The molecule has 0 saturated heterocycles. The minimum Gasteiger partial charge on any atom is -0.423 e. The fraction of sp³-hybridized carbons (Fsp3) is 0. The van der Waals surface area contributed by atoms with Gasteiger partial charge in [-0.05, 0) is 42.5 Å². The van der Waals surface area contributed by atoms with Crippen LogP contribution in [0.1, 0.15) is 0 Å². The van der Waals surface area contributed by atoms with Gasteiger partial charge in [0.05, 0.1) is 10.9 Å². The van der Waals surface area contributed by atoms with E-state index in [0.717, 1.165) is 10.8 Å². The number of ether oxygens (including phenoxy) is 1. The summed E-state index contributed by atoms with van der Waals surface area (Å²) < 4.78 is 5.47. The largest absolute Gasteiger partial charge is 0.423 e. The third-order valence-electron chi connectivity index (χ3n) is 4.40. The van der Waals surface area contributed by atoms with E-state index < -0.39 is 5.97 Å². The number of hydrogen-bond acceptors (Lipinski definition) is 2. The molecule has 4 rings (SSSR count). The van der Waals surface area contributed by atoms with Crippen molar-refractivity contribution < 1.29 is 9.53 Å². The van der Waals surface area contributed by atoms with Gasteiger partial charge < -0.3 is 4.74 Å². The Kier molecular flexibility index (Phi) is 5.27. The molecule has 28 heavy (non-hydrogen) atoms. The van der Waals surface area contributed by atoms with Crippen molar-refractivity contribution in [1.29, 1.82) is 0 Å². The molecule has 0 saturated carbocycles. The highest BCUT2D eigenvalue weighted by molar-refractivity contribution is 7.97. The van der Waals surface area contributed by atoms with Crippen LogP contribution in [0.3, 0.4) is 0 Å². The van der Waals surface area contributed by atoms with Crippen molar-refractivity contribution in [1.82, 2.24) is 0 Å². The summed E-state index contributed by atoms with van der Waals surface area (Å²) in [6, 6.07) is 33.0. The van der Waals surface area contributed by atoms with Crippen LogP contribution in [0.2, 0.25) is 0 Å². The average Bonchev–Trinajstić information content (AvgIpc) is 2.77. The number of hydrogen-bond donors (Lipinski definition) is 0. The maximum Gasteiger partial charge on any atom is 0.335 e. The van der Waals surface area contributed by atoms with Crippen molar-refractivity contribution in [3.8, 4) is 5.75 Å². The van der Waals surface area contributed by atoms with Crippen molar-refractivity contribution in [2.24, 2.45) is 0 Å². The molecule has 4 aromatic carbocycles. The molecule has 0 radical (unpaired) electrons. The molecule has 0 bridgehead atoms. The van der Waals surface area contributed by atoms with E-state index >= 15 is 0 Å². The van der Waals surface area contributed by atoms with Crippen LogP contribution in [0.4, 0.5) is 0 Å². The first kappa shape index (κ1) is 18.1. The molecule has 0 N–H and O–H groups in total. The second kappa shape index (κ2) is 8.15. The smallest absolute Gasteiger partial charge is 0.335 e. The fourth-order valence-electron chi connectivity index (χ4n) is 3.16. The lowest BCUT2D eigenvalue weighted by Crippen LogP contribution is -2.07. The summed E-state index contributed by atoms with van der Waals surface area (Å²) in [4.78, 5) is 15.4. The summed E-state index contributed by atoms with van der Waals surface area (Å²) >= 11 is 0. The first-order valence-electron chi connectivity index (χ1n) is 8.98. The van der Waals surface area contributed by atoms with Crippen LogP contribution in [0.15, 0.2) is 124 Å². The monoisotopic (exact) mass is 383 g/mol. The lowest BCUT2D eigenvalue weighted by molar-refractivity contribution is -0.128. The van der Waals surface area contributed by atoms with Gasteiger partial charge in [-0.1, -0.05) is 61.2 Å². The first-order valence-corrected chi connectivity index (χ1v) is 10.2. The van der Waals surface area contributed by atoms with Gasteiger partial charge in [-0.3, -0.25) is 0 Å². The predicted octanol–water partition coefficient (Wildman–Crippen LogP) is 6.03. The molecule has 0 fully saturated rings. The number of benzene rings is 4. The molecule has 0 spiro atoms. The molecule has 4 aromatic rings. The predicted molar refractivity (Wildman–Crippen MR) is 115 cm³/mol. The molecule has 0 atom stereocenters. The van der Waals surface area contributed by atoms with Crippen LogP contribution in [-0.2, 0) is 15.7 Å². The fourth-order valence-corrected chi connectivity index (χ4v) is 5.40. The van der Waals surface area contributed by atoms with E-state index in [0.29, 0.717) is 5.75 Å². The highest BCUT2D eigenvalue weighted by Gasteiger charge is 2.30. The Hall–Kier alpha value is -3.30.